The van der Waals surface area contributed by atoms with Crippen molar-refractivity contribution in [3.05, 3.63) is 214 Å². The number of allylic oxidation sites excluding steroid dienone is 4. The predicted octanol–water partition coefficient (Wildman–Crippen LogP) is 17.5. The van der Waals surface area contributed by atoms with Crippen molar-refractivity contribution in [2.45, 2.75) is 25.3 Å². The van der Waals surface area contributed by atoms with Gasteiger partial charge in [0.2, 0.25) is 7.37 Å². The summed E-state index contributed by atoms with van der Waals surface area (Å²) >= 11 is 9.57. The largest absolute Gasteiger partial charge is 0.504 e. The lowest BCUT2D eigenvalue weighted by molar-refractivity contribution is -0.385. The molecule has 0 radical (unpaired) electrons. The number of hydrogen-bond donors (Lipinski definition) is 5. The lowest BCUT2D eigenvalue weighted by Crippen LogP contribution is -1.91. The predicted molar refractivity (Wildman–Crippen MR) is 385 cm³/mol. The maximum absolute atomic E-state index is 12.1. The molecule has 6 N–H and O–H groups in total. The van der Waals surface area contributed by atoms with Gasteiger partial charge in [-0.2, -0.15) is 0 Å². The van der Waals surface area contributed by atoms with Gasteiger partial charge in [0, 0.05) is 73.0 Å². The van der Waals surface area contributed by atoms with Crippen LogP contribution in [0, 0.1) is 27.2 Å². The Morgan fingerprint density at radius 3 is 1.33 bits per heavy atom. The molecule has 11 aromatic rings. The molecule has 4 heterocycles. The summed E-state index contributed by atoms with van der Waals surface area (Å²) < 4.78 is 41.9. The summed E-state index contributed by atoms with van der Waals surface area (Å²) in [7, 11) is 3.59. The molecule has 0 saturated heterocycles. The zero-order valence-corrected chi connectivity index (χ0v) is 57.5. The van der Waals surface area contributed by atoms with E-state index in [-0.39, 0.29) is 35.2 Å². The number of benzene rings is 7. The Kier molecular flexibility index (Phi) is 26.9. The molecule has 27 heteroatoms. The number of phenolic OH excluding ortho intramolecular Hbond substituents is 3. The van der Waals surface area contributed by atoms with E-state index in [4.69, 9.17) is 34.3 Å². The van der Waals surface area contributed by atoms with Crippen molar-refractivity contribution in [3.8, 4) is 40.2 Å². The van der Waals surface area contributed by atoms with Crippen molar-refractivity contribution in [2.75, 3.05) is 54.1 Å². The van der Waals surface area contributed by atoms with Crippen LogP contribution in [0.3, 0.4) is 0 Å². The van der Waals surface area contributed by atoms with E-state index in [0.717, 1.165) is 84.2 Å². The Balaban J connectivity index is 0.000000170. The van der Waals surface area contributed by atoms with Gasteiger partial charge in [0.25, 0.3) is 11.4 Å². The van der Waals surface area contributed by atoms with E-state index in [9.17, 15) is 40.1 Å². The van der Waals surface area contributed by atoms with Gasteiger partial charge in [-0.25, -0.2) is 19.9 Å². The molecule has 0 spiro atoms. The van der Waals surface area contributed by atoms with E-state index in [1.807, 2.05) is 86.7 Å². The van der Waals surface area contributed by atoms with Crippen molar-refractivity contribution in [1.29, 1.82) is 0 Å². The van der Waals surface area contributed by atoms with Gasteiger partial charge >= 0.3 is 0 Å². The lowest BCUT2D eigenvalue weighted by Gasteiger charge is -2.09. The molecule has 21 nitrogen and oxygen atoms in total. The Labute approximate surface area is 565 Å². The number of alkyl halides is 1. The maximum Gasteiger partial charge on any atom is 0.269 e. The first-order valence-electron chi connectivity index (χ1n) is 28.2. The Morgan fingerprint density at radius 2 is 0.915 bits per heavy atom. The van der Waals surface area contributed by atoms with Crippen molar-refractivity contribution in [2.24, 2.45) is 0 Å². The van der Waals surface area contributed by atoms with E-state index in [2.05, 4.69) is 48.0 Å². The fourth-order valence-corrected chi connectivity index (χ4v) is 14.4. The number of nitrogen functional groups attached to an aromatic ring is 1. The first-order chi connectivity index (χ1) is 45.1. The normalized spacial score (nSPS) is 11.9. The Hall–Kier alpha value is -9.37. The van der Waals surface area contributed by atoms with Crippen molar-refractivity contribution >= 4 is 157 Å². The highest BCUT2D eigenvalue weighted by Crippen LogP contribution is 2.48. The van der Waals surface area contributed by atoms with Gasteiger partial charge in [0.05, 0.1) is 104 Å². The summed E-state index contributed by atoms with van der Waals surface area (Å²) in [6.45, 7) is 5.85. The molecule has 488 valence electrons. The van der Waals surface area contributed by atoms with E-state index in [1.54, 1.807) is 109 Å². The molecule has 94 heavy (non-hydrogen) atoms. The van der Waals surface area contributed by atoms with Crippen LogP contribution >= 0.6 is 68.6 Å². The third-order valence-corrected chi connectivity index (χ3v) is 19.7. The second kappa shape index (κ2) is 35.1. The quantitative estimate of drug-likeness (QED) is 0.0125. The summed E-state index contributed by atoms with van der Waals surface area (Å²) in [5, 5.41) is 62.9. The van der Waals surface area contributed by atoms with Crippen LogP contribution in [0.4, 0.5) is 17.1 Å². The Bertz CT molecular complexity index is 4590. The van der Waals surface area contributed by atoms with Gasteiger partial charge in [-0.3, -0.25) is 24.8 Å². The molecule has 0 fully saturated rings. The minimum atomic E-state index is -2.65. The summed E-state index contributed by atoms with van der Waals surface area (Å²) in [5.74, 6) is 2.44. The molecule has 1 atom stereocenters. The summed E-state index contributed by atoms with van der Waals surface area (Å²) in [5.41, 5.74) is 13.7. The van der Waals surface area contributed by atoms with Crippen LogP contribution in [0.25, 0.3) is 71.2 Å². The summed E-state index contributed by atoms with van der Waals surface area (Å²) in [6, 6.07) is 34.2. The number of aliphatic hydroxyl groups is 1. The molecule has 11 rings (SSSR count). The number of halogens is 1. The van der Waals surface area contributed by atoms with Crippen molar-refractivity contribution in [3.63, 3.8) is 0 Å². The number of ether oxygens (including phenoxy) is 4. The number of aliphatic hydroxyl groups excluding tert-OH is 1. The number of aromatic hydroxyl groups is 3. The number of anilines is 1. The number of rotatable bonds is 19. The lowest BCUT2D eigenvalue weighted by atomic mass is 10.2. The van der Waals surface area contributed by atoms with E-state index >= 15 is 0 Å². The SMILES string of the molecule is CCOP(C)(=O)Cc1nc2cc(O)c(OC)cc2s1.COc1cc2sc(/C=C/C=C/c3ccc(N)cc3)nc2cc1O.COc1cc2sc(/C=C/C=C/c3ccc([N+](=O)[O-])cc3)nc2cc1O.COc1cc2sc(CBr)nc2cc1C.O=[N+]([O-])c1ccc(/C=C/CO)cc1. The number of phenols is 3. The van der Waals surface area contributed by atoms with Crippen LogP contribution in [-0.4, -0.2) is 98.5 Å². The molecule has 0 bridgehead atoms. The molecule has 1 unspecified atom stereocenters. The highest BCUT2D eigenvalue weighted by molar-refractivity contribution is 9.08. The van der Waals surface area contributed by atoms with Gasteiger partial charge in [-0.1, -0.05) is 76.7 Å². The molecule has 0 amide bonds. The number of nitro benzene ring substituents is 2. The number of hydrogen-bond acceptors (Lipinski definition) is 23. The molecule has 7 aromatic carbocycles. The summed E-state index contributed by atoms with van der Waals surface area (Å²) in [6.07, 6.45) is 18.8. The number of nitrogens with two attached hydrogens (primary N) is 1. The number of non-ortho nitro benzene ring substituents is 2. The number of aryl methyl sites for hydroxylation is 1. The number of fused-ring (bicyclic) bond motifs is 4. The third kappa shape index (κ3) is 21.1. The van der Waals surface area contributed by atoms with E-state index < -0.39 is 17.2 Å². The molecular weight excluding hydrogens is 1370 g/mol. The minimum Gasteiger partial charge on any atom is -0.504 e. The molecule has 0 aliphatic carbocycles. The second-order valence-electron chi connectivity index (χ2n) is 19.7. The molecule has 4 aromatic heterocycles. The van der Waals surface area contributed by atoms with Crippen LogP contribution in [0.2, 0.25) is 0 Å². The van der Waals surface area contributed by atoms with Crippen LogP contribution < -0.4 is 24.7 Å². The number of nitrogens with zero attached hydrogens (tertiary/aromatic N) is 6. The molecule has 0 saturated carbocycles. The summed E-state index contributed by atoms with van der Waals surface area (Å²) in [4.78, 5) is 37.8. The van der Waals surface area contributed by atoms with Crippen LogP contribution in [0.15, 0.2) is 152 Å². The fourth-order valence-electron chi connectivity index (χ4n) is 8.38. The van der Waals surface area contributed by atoms with Crippen molar-refractivity contribution < 1.29 is 58.3 Å². The topological polar surface area (TPSA) is 308 Å². The van der Waals surface area contributed by atoms with Crippen LogP contribution in [0.1, 0.15) is 49.2 Å². The van der Waals surface area contributed by atoms with Gasteiger partial charge < -0.3 is 49.6 Å². The molecule has 0 aliphatic heterocycles. The van der Waals surface area contributed by atoms with E-state index in [1.165, 1.54) is 73.0 Å². The zero-order chi connectivity index (χ0) is 67.9. The number of methoxy groups -OCH3 is 4. The minimum absolute atomic E-state index is 0.0308. The van der Waals surface area contributed by atoms with Gasteiger partial charge in [-0.15, -0.1) is 45.3 Å². The smallest absolute Gasteiger partial charge is 0.269 e. The second-order valence-corrected chi connectivity index (χ2v) is 27.2. The fraction of sp³-hybridized carbons (Fsp3) is 0.164. The highest BCUT2D eigenvalue weighted by atomic mass is 79.9. The van der Waals surface area contributed by atoms with Gasteiger partial charge in [0.15, 0.2) is 34.5 Å². The third-order valence-electron chi connectivity index (χ3n) is 12.9. The standard InChI is InChI=1S/C18H14N2O4S.C18H16N2O2S.C12H16NO4PS.C10H10BrNOS.C9H9NO3/c1-24-16-11-17-14(10-15(16)21)19-18(25-17)5-3-2-4-12-6-8-13(9-7-12)20(22)23;1-22-16-11-17-14(10-15(16)21)20-18(23-17)5-3-2-4-12-6-8-13(19)9-7-12;1-4-17-18(3,15)7-12-13-8-5-9(14)10(16-2)6-11(8)19-12;1-6-3-7-9(4-8(6)13-2)14-10(5-11)12-7;11-7-1-2-8-3-5-9(6-4-8)10(12)13/h2-11,21H,1H3;2-11,21H,19H2,1H3;5-6,14H,4,7H2,1-3H3;3-4H,5H2,1-2H3;1-6,11H,7H2/b2*4-2+,5-3+;;;2-1+. The molecular formula is C67H65BrN7O14PS4. The maximum atomic E-state index is 12.1. The average molecular weight is 1430 g/mol. The number of thiazole rings is 4. The number of aromatic nitrogens is 4. The zero-order valence-electron chi connectivity index (χ0n) is 51.7. The van der Waals surface area contributed by atoms with Crippen LogP contribution in [0.5, 0.6) is 40.2 Å². The van der Waals surface area contributed by atoms with Crippen molar-refractivity contribution in [1.82, 2.24) is 19.9 Å². The van der Waals surface area contributed by atoms with Gasteiger partial charge in [0.1, 0.15) is 25.8 Å². The monoisotopic (exact) mass is 1430 g/mol. The Morgan fingerprint density at radius 1 is 0.543 bits per heavy atom. The first kappa shape index (κ1) is 72.1. The average Bonchev–Trinajstić information content (AvgIpc) is 1.73. The number of nitro groups is 2. The molecule has 0 aliphatic rings. The first-order valence-corrected chi connectivity index (χ1v) is 34.8. The highest BCUT2D eigenvalue weighted by Gasteiger charge is 2.20. The van der Waals surface area contributed by atoms with E-state index in [0.29, 0.717) is 41.1 Å². The van der Waals surface area contributed by atoms with Gasteiger partial charge in [-0.05, 0) is 96.8 Å². The van der Waals surface area contributed by atoms with Crippen LogP contribution in [-0.2, 0) is 20.6 Å².